The summed E-state index contributed by atoms with van der Waals surface area (Å²) in [6.07, 6.45) is 5.31. The first-order chi connectivity index (χ1) is 7.65. The molecule has 1 rings (SSSR count). The molecule has 0 bridgehead atoms. The summed E-state index contributed by atoms with van der Waals surface area (Å²) in [6, 6.07) is 0.167. The molecule has 0 saturated carbocycles. The van der Waals surface area contributed by atoms with Crippen molar-refractivity contribution in [1.82, 2.24) is 4.90 Å². The highest BCUT2D eigenvalue weighted by Gasteiger charge is 2.31. The monoisotopic (exact) mass is 228 g/mol. The lowest BCUT2D eigenvalue weighted by molar-refractivity contribution is 0.0803. The van der Waals surface area contributed by atoms with Gasteiger partial charge in [0, 0.05) is 19.7 Å². The van der Waals surface area contributed by atoms with Gasteiger partial charge in [-0.1, -0.05) is 26.7 Å². The van der Waals surface area contributed by atoms with Crippen molar-refractivity contribution >= 4 is 0 Å². The second-order valence-electron chi connectivity index (χ2n) is 5.22. The van der Waals surface area contributed by atoms with Crippen molar-refractivity contribution in [3.05, 3.63) is 0 Å². The molecule has 0 spiro atoms. The Morgan fingerprint density at radius 3 is 2.25 bits per heavy atom. The first-order valence-corrected chi connectivity index (χ1v) is 6.62. The molecule has 1 fully saturated rings. The SMILES string of the molecule is CCC1(CC)CCN(CC(N)COC)CC1. The minimum absolute atomic E-state index is 0.167. The maximum Gasteiger partial charge on any atom is 0.0626 e. The van der Waals surface area contributed by atoms with Crippen molar-refractivity contribution < 1.29 is 4.74 Å². The van der Waals surface area contributed by atoms with Crippen LogP contribution >= 0.6 is 0 Å². The molecule has 0 amide bonds. The molecule has 16 heavy (non-hydrogen) atoms. The Balaban J connectivity index is 2.31. The van der Waals surface area contributed by atoms with Crippen molar-refractivity contribution in [2.45, 2.75) is 45.6 Å². The largest absolute Gasteiger partial charge is 0.383 e. The van der Waals surface area contributed by atoms with Crippen LogP contribution in [0.2, 0.25) is 0 Å². The third kappa shape index (κ3) is 3.72. The molecular weight excluding hydrogens is 200 g/mol. The van der Waals surface area contributed by atoms with Crippen molar-refractivity contribution in [2.75, 3.05) is 33.4 Å². The molecule has 0 aromatic carbocycles. The first-order valence-electron chi connectivity index (χ1n) is 6.62. The molecule has 1 aliphatic heterocycles. The Labute approximate surface area is 100 Å². The zero-order valence-electron chi connectivity index (χ0n) is 11.2. The Bertz CT molecular complexity index is 182. The number of hydrogen-bond acceptors (Lipinski definition) is 3. The summed E-state index contributed by atoms with van der Waals surface area (Å²) < 4.78 is 5.08. The van der Waals surface area contributed by atoms with E-state index in [0.29, 0.717) is 12.0 Å². The summed E-state index contributed by atoms with van der Waals surface area (Å²) in [7, 11) is 1.72. The highest BCUT2D eigenvalue weighted by molar-refractivity contribution is 4.85. The average Bonchev–Trinajstić information content (AvgIpc) is 2.31. The summed E-state index contributed by atoms with van der Waals surface area (Å²) in [6.45, 7) is 8.73. The van der Waals surface area contributed by atoms with E-state index >= 15 is 0 Å². The second kappa shape index (κ2) is 6.58. The van der Waals surface area contributed by atoms with Crippen LogP contribution in [0.4, 0.5) is 0 Å². The Morgan fingerprint density at radius 1 is 1.25 bits per heavy atom. The standard InChI is InChI=1S/C13H28N2O/c1-4-13(5-2)6-8-15(9-7-13)10-12(14)11-16-3/h12H,4-11,14H2,1-3H3. The fraction of sp³-hybridized carbons (Fsp3) is 1.00. The first kappa shape index (κ1) is 13.9. The number of hydrogen-bond donors (Lipinski definition) is 1. The Kier molecular flexibility index (Phi) is 5.73. The van der Waals surface area contributed by atoms with E-state index in [2.05, 4.69) is 18.7 Å². The molecule has 1 atom stereocenters. The summed E-state index contributed by atoms with van der Waals surface area (Å²) in [5, 5.41) is 0. The number of nitrogens with zero attached hydrogens (tertiary/aromatic N) is 1. The van der Waals surface area contributed by atoms with E-state index in [1.165, 1.54) is 38.8 Å². The van der Waals surface area contributed by atoms with E-state index in [1.54, 1.807) is 7.11 Å². The smallest absolute Gasteiger partial charge is 0.0626 e. The van der Waals surface area contributed by atoms with Crippen molar-refractivity contribution in [3.8, 4) is 0 Å². The molecular formula is C13H28N2O. The van der Waals surface area contributed by atoms with E-state index in [0.717, 1.165) is 6.54 Å². The lowest BCUT2D eigenvalue weighted by Crippen LogP contribution is -2.46. The van der Waals surface area contributed by atoms with Gasteiger partial charge in [0.2, 0.25) is 0 Å². The number of methoxy groups -OCH3 is 1. The quantitative estimate of drug-likeness (QED) is 0.754. The summed E-state index contributed by atoms with van der Waals surface area (Å²) >= 11 is 0. The van der Waals surface area contributed by atoms with Crippen LogP contribution in [0.25, 0.3) is 0 Å². The Hall–Kier alpha value is -0.120. The van der Waals surface area contributed by atoms with Crippen molar-refractivity contribution in [1.29, 1.82) is 0 Å². The molecule has 0 radical (unpaired) electrons. The summed E-state index contributed by atoms with van der Waals surface area (Å²) in [4.78, 5) is 2.49. The van der Waals surface area contributed by atoms with Crippen LogP contribution < -0.4 is 5.73 Å². The minimum Gasteiger partial charge on any atom is -0.383 e. The average molecular weight is 228 g/mol. The fourth-order valence-corrected chi connectivity index (χ4v) is 2.77. The van der Waals surface area contributed by atoms with E-state index in [-0.39, 0.29) is 6.04 Å². The van der Waals surface area contributed by atoms with E-state index in [4.69, 9.17) is 10.5 Å². The van der Waals surface area contributed by atoms with Gasteiger partial charge in [0.05, 0.1) is 6.61 Å². The maximum atomic E-state index is 5.98. The van der Waals surface area contributed by atoms with Gasteiger partial charge in [0.25, 0.3) is 0 Å². The van der Waals surface area contributed by atoms with Gasteiger partial charge in [-0.15, -0.1) is 0 Å². The second-order valence-corrected chi connectivity index (χ2v) is 5.22. The molecule has 0 aromatic rings. The molecule has 1 saturated heterocycles. The summed E-state index contributed by atoms with van der Waals surface area (Å²) in [5.74, 6) is 0. The Morgan fingerprint density at radius 2 is 1.81 bits per heavy atom. The van der Waals surface area contributed by atoms with Crippen LogP contribution in [0.5, 0.6) is 0 Å². The molecule has 1 heterocycles. The predicted molar refractivity (Wildman–Crippen MR) is 68.5 cm³/mol. The van der Waals surface area contributed by atoms with Gasteiger partial charge in [-0.2, -0.15) is 0 Å². The topological polar surface area (TPSA) is 38.5 Å². The zero-order valence-corrected chi connectivity index (χ0v) is 11.2. The van der Waals surface area contributed by atoms with Gasteiger partial charge >= 0.3 is 0 Å². The van der Waals surface area contributed by atoms with Crippen molar-refractivity contribution in [2.24, 2.45) is 11.1 Å². The molecule has 2 N–H and O–H groups in total. The van der Waals surface area contributed by atoms with Gasteiger partial charge in [-0.25, -0.2) is 0 Å². The molecule has 3 nitrogen and oxygen atoms in total. The lowest BCUT2D eigenvalue weighted by Gasteiger charge is -2.41. The number of nitrogens with two attached hydrogens (primary N) is 1. The van der Waals surface area contributed by atoms with Gasteiger partial charge in [-0.3, -0.25) is 0 Å². The van der Waals surface area contributed by atoms with Gasteiger partial charge < -0.3 is 15.4 Å². The van der Waals surface area contributed by atoms with Crippen LogP contribution in [-0.2, 0) is 4.74 Å². The number of piperidine rings is 1. The van der Waals surface area contributed by atoms with E-state index in [9.17, 15) is 0 Å². The number of ether oxygens (including phenoxy) is 1. The fourth-order valence-electron chi connectivity index (χ4n) is 2.77. The third-order valence-corrected chi connectivity index (χ3v) is 4.29. The van der Waals surface area contributed by atoms with Crippen LogP contribution in [-0.4, -0.2) is 44.3 Å². The highest BCUT2D eigenvalue weighted by Crippen LogP contribution is 2.37. The number of likely N-dealkylation sites (tertiary alicyclic amines) is 1. The van der Waals surface area contributed by atoms with Gasteiger partial charge in [0.1, 0.15) is 0 Å². The number of rotatable bonds is 6. The molecule has 96 valence electrons. The lowest BCUT2D eigenvalue weighted by atomic mass is 9.74. The van der Waals surface area contributed by atoms with Gasteiger partial charge in [-0.05, 0) is 31.3 Å². The molecule has 1 aliphatic rings. The van der Waals surface area contributed by atoms with E-state index < -0.39 is 0 Å². The highest BCUT2D eigenvalue weighted by atomic mass is 16.5. The van der Waals surface area contributed by atoms with Crippen LogP contribution in [0.15, 0.2) is 0 Å². The summed E-state index contributed by atoms with van der Waals surface area (Å²) in [5.41, 5.74) is 6.59. The van der Waals surface area contributed by atoms with Crippen LogP contribution in [0.1, 0.15) is 39.5 Å². The minimum atomic E-state index is 0.167. The molecule has 3 heteroatoms. The third-order valence-electron chi connectivity index (χ3n) is 4.29. The van der Waals surface area contributed by atoms with Gasteiger partial charge in [0.15, 0.2) is 0 Å². The maximum absolute atomic E-state index is 5.98. The molecule has 0 aliphatic carbocycles. The molecule has 0 aromatic heterocycles. The zero-order chi connectivity index (χ0) is 12.0. The molecule has 1 unspecified atom stereocenters. The van der Waals surface area contributed by atoms with Crippen LogP contribution in [0.3, 0.4) is 0 Å². The van der Waals surface area contributed by atoms with Crippen molar-refractivity contribution in [3.63, 3.8) is 0 Å². The normalized spacial score (nSPS) is 23.2. The van der Waals surface area contributed by atoms with Crippen LogP contribution in [0, 0.1) is 5.41 Å². The van der Waals surface area contributed by atoms with E-state index in [1.807, 2.05) is 0 Å². The predicted octanol–water partition coefficient (Wildman–Crippen LogP) is 1.86.